The van der Waals surface area contributed by atoms with Crippen molar-refractivity contribution in [2.24, 2.45) is 11.1 Å². The van der Waals surface area contributed by atoms with Gasteiger partial charge in [0.25, 0.3) is 0 Å². The first-order valence-corrected chi connectivity index (χ1v) is 6.64. The van der Waals surface area contributed by atoms with Gasteiger partial charge in [-0.3, -0.25) is 0 Å². The minimum atomic E-state index is 0.156. The van der Waals surface area contributed by atoms with E-state index in [0.717, 1.165) is 6.42 Å². The molecule has 0 saturated heterocycles. The Morgan fingerprint density at radius 2 is 2.06 bits per heavy atom. The summed E-state index contributed by atoms with van der Waals surface area (Å²) in [6.45, 7) is 10.5. The van der Waals surface area contributed by atoms with Crippen LogP contribution in [-0.4, -0.2) is 23.1 Å². The van der Waals surface area contributed by atoms with Gasteiger partial charge in [-0.1, -0.05) is 27.7 Å². The molecule has 100 valence electrons. The number of nitrogens with one attached hydrogen (secondary N) is 1. The number of anilines is 1. The summed E-state index contributed by atoms with van der Waals surface area (Å²) in [5.74, 6) is 0.702. The molecule has 18 heavy (non-hydrogen) atoms. The van der Waals surface area contributed by atoms with Gasteiger partial charge in [-0.25, -0.2) is 9.97 Å². The van der Waals surface area contributed by atoms with Gasteiger partial charge in [-0.15, -0.1) is 0 Å². The van der Waals surface area contributed by atoms with Crippen LogP contribution in [0.3, 0.4) is 0 Å². The summed E-state index contributed by atoms with van der Waals surface area (Å²) >= 11 is 0. The number of rotatable bonds is 3. The third-order valence-corrected chi connectivity index (χ3v) is 3.59. The topological polar surface area (TPSA) is 63.8 Å². The number of hydrogen-bond donors (Lipinski definition) is 2. The monoisotopic (exact) mass is 248 g/mol. The van der Waals surface area contributed by atoms with Crippen LogP contribution in [-0.2, 0) is 11.8 Å². The van der Waals surface area contributed by atoms with E-state index in [2.05, 4.69) is 43.0 Å². The minimum Gasteiger partial charge on any atom is -0.353 e. The summed E-state index contributed by atoms with van der Waals surface area (Å²) < 4.78 is 0. The zero-order valence-corrected chi connectivity index (χ0v) is 11.9. The maximum atomic E-state index is 5.48. The summed E-state index contributed by atoms with van der Waals surface area (Å²) in [5, 5.41) is 3.15. The molecule has 0 bridgehead atoms. The largest absolute Gasteiger partial charge is 0.353 e. The summed E-state index contributed by atoms with van der Waals surface area (Å²) in [4.78, 5) is 9.06. The second-order valence-corrected chi connectivity index (χ2v) is 6.67. The lowest BCUT2D eigenvalue weighted by Crippen LogP contribution is -2.35. The summed E-state index contributed by atoms with van der Waals surface area (Å²) in [6, 6.07) is 0. The van der Waals surface area contributed by atoms with Crippen LogP contribution >= 0.6 is 0 Å². The standard InChI is InChI=1S/C14H24N4/c1-13(2)7-11-10(14(3,4)9-13)8-17-12(18-11)16-6-5-15/h8H,5-7,9,15H2,1-4H3,(H,16,17,18). The van der Waals surface area contributed by atoms with E-state index in [9.17, 15) is 0 Å². The molecule has 1 aliphatic carbocycles. The smallest absolute Gasteiger partial charge is 0.222 e. The Morgan fingerprint density at radius 1 is 1.33 bits per heavy atom. The van der Waals surface area contributed by atoms with E-state index in [1.165, 1.54) is 17.7 Å². The van der Waals surface area contributed by atoms with Crippen LogP contribution in [0.5, 0.6) is 0 Å². The van der Waals surface area contributed by atoms with Crippen LogP contribution in [0.1, 0.15) is 45.4 Å². The lowest BCUT2D eigenvalue weighted by molar-refractivity contribution is 0.227. The second-order valence-electron chi connectivity index (χ2n) is 6.67. The molecular formula is C14H24N4. The fourth-order valence-corrected chi connectivity index (χ4v) is 3.19. The van der Waals surface area contributed by atoms with Crippen LogP contribution in [0.25, 0.3) is 0 Å². The SMILES string of the molecule is CC1(C)Cc2nc(NCCN)ncc2C(C)(C)C1. The molecule has 1 aromatic rings. The van der Waals surface area contributed by atoms with E-state index >= 15 is 0 Å². The average Bonchev–Trinajstić information content (AvgIpc) is 2.22. The maximum absolute atomic E-state index is 5.48. The van der Waals surface area contributed by atoms with Crippen LogP contribution in [0.4, 0.5) is 5.95 Å². The summed E-state index contributed by atoms with van der Waals surface area (Å²) in [7, 11) is 0. The first kappa shape index (κ1) is 13.3. The number of nitrogens with zero attached hydrogens (tertiary/aromatic N) is 2. The first-order chi connectivity index (χ1) is 8.34. The highest BCUT2D eigenvalue weighted by Crippen LogP contribution is 2.44. The van der Waals surface area contributed by atoms with Gasteiger partial charge in [0.15, 0.2) is 0 Å². The lowest BCUT2D eigenvalue weighted by Gasteiger charge is -2.41. The number of nitrogens with two attached hydrogens (primary N) is 1. The molecule has 0 fully saturated rings. The molecule has 1 aromatic heterocycles. The molecule has 4 nitrogen and oxygen atoms in total. The quantitative estimate of drug-likeness (QED) is 0.860. The maximum Gasteiger partial charge on any atom is 0.222 e. The fourth-order valence-electron chi connectivity index (χ4n) is 3.19. The molecule has 2 rings (SSSR count). The van der Waals surface area contributed by atoms with Gasteiger partial charge in [0.05, 0.1) is 5.69 Å². The molecule has 1 aliphatic rings. The van der Waals surface area contributed by atoms with E-state index in [4.69, 9.17) is 5.73 Å². The summed E-state index contributed by atoms with van der Waals surface area (Å²) in [6.07, 6.45) is 4.17. The van der Waals surface area contributed by atoms with Crippen molar-refractivity contribution in [2.75, 3.05) is 18.4 Å². The van der Waals surface area contributed by atoms with Crippen LogP contribution in [0.15, 0.2) is 6.20 Å². The molecule has 0 unspecified atom stereocenters. The fraction of sp³-hybridized carbons (Fsp3) is 0.714. The Balaban J connectivity index is 2.34. The van der Waals surface area contributed by atoms with Crippen molar-refractivity contribution in [3.8, 4) is 0 Å². The predicted octanol–water partition coefficient (Wildman–Crippen LogP) is 2.10. The number of fused-ring (bicyclic) bond motifs is 1. The van der Waals surface area contributed by atoms with Gasteiger partial charge in [0.2, 0.25) is 5.95 Å². The normalized spacial score (nSPS) is 20.3. The Labute approximate surface area is 109 Å². The zero-order chi connectivity index (χ0) is 13.4. The van der Waals surface area contributed by atoms with Gasteiger partial charge in [0.1, 0.15) is 0 Å². The highest BCUT2D eigenvalue weighted by Gasteiger charge is 2.38. The minimum absolute atomic E-state index is 0.156. The Hall–Kier alpha value is -1.16. The molecular weight excluding hydrogens is 224 g/mol. The molecule has 0 aromatic carbocycles. The molecule has 0 atom stereocenters. The molecule has 4 heteroatoms. The molecule has 0 spiro atoms. The molecule has 3 N–H and O–H groups in total. The van der Waals surface area contributed by atoms with E-state index in [1.54, 1.807) is 0 Å². The predicted molar refractivity (Wildman–Crippen MR) is 74.7 cm³/mol. The summed E-state index contributed by atoms with van der Waals surface area (Å²) in [5.41, 5.74) is 8.42. The molecule has 0 radical (unpaired) electrons. The third kappa shape index (κ3) is 2.64. The molecule has 0 aliphatic heterocycles. The van der Waals surface area contributed by atoms with E-state index in [1.807, 2.05) is 6.20 Å². The van der Waals surface area contributed by atoms with Crippen molar-refractivity contribution < 1.29 is 0 Å². The van der Waals surface area contributed by atoms with E-state index < -0.39 is 0 Å². The van der Waals surface area contributed by atoms with Gasteiger partial charge in [-0.05, 0) is 29.2 Å². The Morgan fingerprint density at radius 3 is 2.72 bits per heavy atom. The van der Waals surface area contributed by atoms with Gasteiger partial charge in [-0.2, -0.15) is 0 Å². The highest BCUT2D eigenvalue weighted by atomic mass is 15.1. The lowest BCUT2D eigenvalue weighted by atomic mass is 9.64. The van der Waals surface area contributed by atoms with Crippen molar-refractivity contribution in [3.05, 3.63) is 17.5 Å². The Kier molecular flexibility index (Phi) is 3.32. The van der Waals surface area contributed by atoms with Crippen LogP contribution in [0, 0.1) is 5.41 Å². The highest BCUT2D eigenvalue weighted by molar-refractivity contribution is 5.36. The van der Waals surface area contributed by atoms with Crippen molar-refractivity contribution >= 4 is 5.95 Å². The Bertz CT molecular complexity index is 437. The van der Waals surface area contributed by atoms with Crippen molar-refractivity contribution in [2.45, 2.75) is 46.0 Å². The van der Waals surface area contributed by atoms with Gasteiger partial charge < -0.3 is 11.1 Å². The van der Waals surface area contributed by atoms with Crippen molar-refractivity contribution in [1.29, 1.82) is 0 Å². The average molecular weight is 248 g/mol. The van der Waals surface area contributed by atoms with Crippen molar-refractivity contribution in [1.82, 2.24) is 9.97 Å². The van der Waals surface area contributed by atoms with Gasteiger partial charge >= 0.3 is 0 Å². The molecule has 0 amide bonds. The van der Waals surface area contributed by atoms with Crippen LogP contribution in [0.2, 0.25) is 0 Å². The molecule has 0 saturated carbocycles. The number of aromatic nitrogens is 2. The van der Waals surface area contributed by atoms with Crippen LogP contribution < -0.4 is 11.1 Å². The van der Waals surface area contributed by atoms with E-state index in [-0.39, 0.29) is 5.41 Å². The number of hydrogen-bond acceptors (Lipinski definition) is 4. The first-order valence-electron chi connectivity index (χ1n) is 6.64. The third-order valence-electron chi connectivity index (χ3n) is 3.59. The van der Waals surface area contributed by atoms with Crippen molar-refractivity contribution in [3.63, 3.8) is 0 Å². The van der Waals surface area contributed by atoms with E-state index in [0.29, 0.717) is 24.5 Å². The second kappa shape index (κ2) is 4.50. The zero-order valence-electron chi connectivity index (χ0n) is 11.9. The van der Waals surface area contributed by atoms with Gasteiger partial charge in [0, 0.05) is 19.3 Å². The molecule has 1 heterocycles.